The fourth-order valence-corrected chi connectivity index (χ4v) is 5.26. The van der Waals surface area contributed by atoms with Crippen LogP contribution in [-0.4, -0.2) is 64.8 Å². The van der Waals surface area contributed by atoms with E-state index in [1.54, 1.807) is 17.2 Å². The van der Waals surface area contributed by atoms with Crippen molar-refractivity contribution in [3.8, 4) is 5.69 Å². The van der Waals surface area contributed by atoms with Gasteiger partial charge in [0.1, 0.15) is 5.82 Å². The molecule has 176 valence electrons. The molecule has 1 aromatic carbocycles. The summed E-state index contributed by atoms with van der Waals surface area (Å²) in [4.78, 5) is 30.9. The van der Waals surface area contributed by atoms with Crippen molar-refractivity contribution in [3.63, 3.8) is 0 Å². The molecule has 9 nitrogen and oxygen atoms in total. The van der Waals surface area contributed by atoms with Crippen LogP contribution < -0.4 is 27.4 Å². The molecule has 1 aromatic heterocycles. The molecule has 33 heavy (non-hydrogen) atoms. The van der Waals surface area contributed by atoms with Crippen LogP contribution in [0.3, 0.4) is 0 Å². The first kappa shape index (κ1) is 22.1. The van der Waals surface area contributed by atoms with Gasteiger partial charge in [0.25, 0.3) is 0 Å². The third-order valence-electron chi connectivity index (χ3n) is 7.08. The molecule has 0 radical (unpaired) electrons. The highest BCUT2D eigenvalue weighted by atomic mass is 16.2. The Balaban J connectivity index is 1.24. The van der Waals surface area contributed by atoms with Gasteiger partial charge >= 0.3 is 11.7 Å². The van der Waals surface area contributed by atoms with E-state index in [9.17, 15) is 9.59 Å². The summed E-state index contributed by atoms with van der Waals surface area (Å²) in [6.45, 7) is 2.82. The van der Waals surface area contributed by atoms with Crippen molar-refractivity contribution in [1.82, 2.24) is 25.1 Å². The molecule has 1 saturated heterocycles. The van der Waals surface area contributed by atoms with Crippen molar-refractivity contribution in [2.45, 2.75) is 56.7 Å². The Kier molecular flexibility index (Phi) is 6.43. The number of hydrogen-bond acceptors (Lipinski definition) is 6. The van der Waals surface area contributed by atoms with Crippen molar-refractivity contribution >= 4 is 11.8 Å². The van der Waals surface area contributed by atoms with Crippen molar-refractivity contribution in [3.05, 3.63) is 52.1 Å². The number of amides is 2. The first-order valence-corrected chi connectivity index (χ1v) is 12.1. The van der Waals surface area contributed by atoms with Crippen LogP contribution in [0.1, 0.15) is 36.8 Å². The lowest BCUT2D eigenvalue weighted by atomic mass is 9.87. The SMILES string of the molecule is NC1CCC(NC2CCc3cc(-n4ccc(NC(=O)N5CCNCC5)nc4=O)ccc3C2)C1. The summed E-state index contributed by atoms with van der Waals surface area (Å²) in [5.41, 5.74) is 9.09. The third kappa shape index (κ3) is 5.10. The second-order valence-corrected chi connectivity index (χ2v) is 9.46. The molecule has 2 aliphatic carbocycles. The van der Waals surface area contributed by atoms with Gasteiger partial charge in [0, 0.05) is 50.5 Å². The largest absolute Gasteiger partial charge is 0.354 e. The molecule has 2 amide bonds. The Bertz CT molecular complexity index is 1060. The molecular formula is C24H33N7O2. The smallest absolute Gasteiger partial charge is 0.328 e. The Morgan fingerprint density at radius 1 is 1.09 bits per heavy atom. The first-order chi connectivity index (χ1) is 16.0. The second kappa shape index (κ2) is 9.62. The van der Waals surface area contributed by atoms with E-state index < -0.39 is 5.69 Å². The van der Waals surface area contributed by atoms with E-state index in [2.05, 4.69) is 33.1 Å². The van der Waals surface area contributed by atoms with Crippen LogP contribution in [0, 0.1) is 0 Å². The maximum absolute atomic E-state index is 12.7. The van der Waals surface area contributed by atoms with Gasteiger partial charge in [-0.05, 0) is 67.9 Å². The zero-order valence-electron chi connectivity index (χ0n) is 18.9. The summed E-state index contributed by atoms with van der Waals surface area (Å²) in [7, 11) is 0. The number of urea groups is 1. The number of piperazine rings is 1. The van der Waals surface area contributed by atoms with Crippen LogP contribution in [0.5, 0.6) is 0 Å². The molecule has 5 rings (SSSR count). The van der Waals surface area contributed by atoms with Crippen LogP contribution in [0.25, 0.3) is 5.69 Å². The molecule has 9 heteroatoms. The van der Waals surface area contributed by atoms with Crippen molar-refractivity contribution < 1.29 is 4.79 Å². The Morgan fingerprint density at radius 2 is 1.94 bits per heavy atom. The van der Waals surface area contributed by atoms with Gasteiger partial charge in [0.05, 0.1) is 5.69 Å². The molecule has 3 aliphatic rings. The highest BCUT2D eigenvalue weighted by Crippen LogP contribution is 2.26. The number of nitrogens with two attached hydrogens (primary N) is 1. The number of rotatable bonds is 4. The number of fused-ring (bicyclic) bond motifs is 1. The standard InChI is InChI=1S/C24H33N7O2/c25-18-3-5-20(15-18)27-19-4-1-17-14-21(6-2-16(17)13-19)31-10-7-22(29-24(31)33)28-23(32)30-11-8-26-9-12-30/h2,6-7,10,14,18-20,26-27H,1,3-5,8-9,11-13,15,25H2,(H,28,29,32,33). The minimum absolute atomic E-state index is 0.224. The van der Waals surface area contributed by atoms with Crippen LogP contribution in [0.15, 0.2) is 35.3 Å². The van der Waals surface area contributed by atoms with Crippen molar-refractivity contribution in [2.24, 2.45) is 5.73 Å². The van der Waals surface area contributed by atoms with Gasteiger partial charge in [-0.15, -0.1) is 0 Å². The highest BCUT2D eigenvalue weighted by molar-refractivity contribution is 5.88. The molecule has 2 heterocycles. The summed E-state index contributed by atoms with van der Waals surface area (Å²) in [5.74, 6) is 0.276. The van der Waals surface area contributed by atoms with Crippen LogP contribution in [0.4, 0.5) is 10.6 Å². The number of nitrogens with zero attached hydrogens (tertiary/aromatic N) is 3. The average Bonchev–Trinajstić information content (AvgIpc) is 3.24. The summed E-state index contributed by atoms with van der Waals surface area (Å²) < 4.78 is 1.53. The quantitative estimate of drug-likeness (QED) is 0.551. The lowest BCUT2D eigenvalue weighted by Gasteiger charge is -2.29. The van der Waals surface area contributed by atoms with E-state index in [1.807, 2.05) is 6.07 Å². The average molecular weight is 452 g/mol. The molecule has 1 aliphatic heterocycles. The molecule has 0 bridgehead atoms. The van der Waals surface area contributed by atoms with Gasteiger partial charge in [0.2, 0.25) is 0 Å². The second-order valence-electron chi connectivity index (χ2n) is 9.46. The minimum Gasteiger partial charge on any atom is -0.328 e. The molecule has 5 N–H and O–H groups in total. The number of aryl methyl sites for hydroxylation is 1. The monoisotopic (exact) mass is 451 g/mol. The molecule has 3 atom stereocenters. The van der Waals surface area contributed by atoms with Crippen LogP contribution >= 0.6 is 0 Å². The molecular weight excluding hydrogens is 418 g/mol. The molecule has 2 fully saturated rings. The summed E-state index contributed by atoms with van der Waals surface area (Å²) >= 11 is 0. The maximum atomic E-state index is 12.7. The predicted octanol–water partition coefficient (Wildman–Crippen LogP) is 0.996. The molecule has 2 aromatic rings. The van der Waals surface area contributed by atoms with E-state index in [-0.39, 0.29) is 11.8 Å². The fourth-order valence-electron chi connectivity index (χ4n) is 5.26. The zero-order valence-corrected chi connectivity index (χ0v) is 18.9. The van der Waals surface area contributed by atoms with E-state index in [4.69, 9.17) is 5.73 Å². The van der Waals surface area contributed by atoms with Gasteiger partial charge in [-0.3, -0.25) is 9.88 Å². The van der Waals surface area contributed by atoms with Gasteiger partial charge in [-0.1, -0.05) is 6.07 Å². The Hall–Kier alpha value is -2.75. The van der Waals surface area contributed by atoms with Gasteiger partial charge in [0.15, 0.2) is 0 Å². The predicted molar refractivity (Wildman–Crippen MR) is 128 cm³/mol. The number of benzene rings is 1. The summed E-state index contributed by atoms with van der Waals surface area (Å²) in [6.07, 6.45) is 8.12. The van der Waals surface area contributed by atoms with Crippen LogP contribution in [-0.2, 0) is 12.8 Å². The molecule has 1 saturated carbocycles. The topological polar surface area (TPSA) is 117 Å². The van der Waals surface area contributed by atoms with E-state index in [1.165, 1.54) is 22.1 Å². The van der Waals surface area contributed by atoms with E-state index in [0.717, 1.165) is 50.9 Å². The number of carbonyl (C=O) groups is 1. The fraction of sp³-hybridized carbons (Fsp3) is 0.542. The lowest BCUT2D eigenvalue weighted by molar-refractivity contribution is 0.204. The van der Waals surface area contributed by atoms with E-state index >= 15 is 0 Å². The van der Waals surface area contributed by atoms with Crippen molar-refractivity contribution in [1.29, 1.82) is 0 Å². The molecule has 0 spiro atoms. The number of anilines is 1. The first-order valence-electron chi connectivity index (χ1n) is 12.1. The summed E-state index contributed by atoms with van der Waals surface area (Å²) in [5, 5.41) is 9.75. The Morgan fingerprint density at radius 3 is 2.70 bits per heavy atom. The van der Waals surface area contributed by atoms with E-state index in [0.29, 0.717) is 31.2 Å². The Labute approximate surface area is 193 Å². The van der Waals surface area contributed by atoms with Gasteiger partial charge in [-0.2, -0.15) is 4.98 Å². The number of hydrogen-bond donors (Lipinski definition) is 4. The number of nitrogens with one attached hydrogen (secondary N) is 3. The maximum Gasteiger partial charge on any atom is 0.354 e. The van der Waals surface area contributed by atoms with Crippen LogP contribution in [0.2, 0.25) is 0 Å². The zero-order chi connectivity index (χ0) is 22.8. The molecule has 3 unspecified atom stereocenters. The van der Waals surface area contributed by atoms with Gasteiger partial charge in [-0.25, -0.2) is 9.59 Å². The minimum atomic E-state index is -0.402. The van der Waals surface area contributed by atoms with Gasteiger partial charge < -0.3 is 21.3 Å². The highest BCUT2D eigenvalue weighted by Gasteiger charge is 2.26. The van der Waals surface area contributed by atoms with Crippen molar-refractivity contribution in [2.75, 3.05) is 31.5 Å². The number of aromatic nitrogens is 2. The lowest BCUT2D eigenvalue weighted by Crippen LogP contribution is -2.48. The summed E-state index contributed by atoms with van der Waals surface area (Å²) in [6, 6.07) is 9.03. The number of carbonyl (C=O) groups excluding carboxylic acids is 1. The normalized spacial score (nSPS) is 25.0. The third-order valence-corrected chi connectivity index (χ3v) is 7.08.